The summed E-state index contributed by atoms with van der Waals surface area (Å²) >= 11 is 19.1. The molecule has 0 unspecified atom stereocenters. The Kier molecular flexibility index (Phi) is 11.8. The molecule has 236 valence electrons. The average Bonchev–Trinajstić information content (AvgIpc) is 3.51. The first-order valence-electron chi connectivity index (χ1n) is 14.6. The van der Waals surface area contributed by atoms with E-state index < -0.39 is 28.5 Å². The molecule has 44 heavy (non-hydrogen) atoms. The van der Waals surface area contributed by atoms with Crippen LogP contribution in [0.4, 0.5) is 5.69 Å². The third-order valence-electron chi connectivity index (χ3n) is 7.59. The second kappa shape index (κ2) is 15.3. The zero-order valence-electron chi connectivity index (χ0n) is 24.6. The van der Waals surface area contributed by atoms with Crippen LogP contribution in [0.2, 0.25) is 15.1 Å². The van der Waals surface area contributed by atoms with E-state index in [-0.39, 0.29) is 47.9 Å². The maximum absolute atomic E-state index is 14.4. The molecule has 0 saturated heterocycles. The predicted octanol–water partition coefficient (Wildman–Crippen LogP) is 7.11. The molecule has 2 amide bonds. The molecule has 12 heteroatoms. The highest BCUT2D eigenvalue weighted by atomic mass is 35.5. The largest absolute Gasteiger partial charge is 0.492 e. The minimum absolute atomic E-state index is 0.0252. The van der Waals surface area contributed by atoms with Crippen LogP contribution in [0.3, 0.4) is 0 Å². The molecule has 1 N–H and O–H groups in total. The normalized spacial score (nSPS) is 14.2. The van der Waals surface area contributed by atoms with E-state index in [1.54, 1.807) is 56.3 Å². The molecule has 1 aliphatic rings. The van der Waals surface area contributed by atoms with E-state index in [1.807, 2.05) is 0 Å². The van der Waals surface area contributed by atoms with Gasteiger partial charge >= 0.3 is 0 Å². The number of halogens is 3. The van der Waals surface area contributed by atoms with Gasteiger partial charge in [-0.2, -0.15) is 0 Å². The van der Waals surface area contributed by atoms with Gasteiger partial charge in [0, 0.05) is 33.2 Å². The molecular formula is C32H36Cl3N3O5S. The van der Waals surface area contributed by atoms with Gasteiger partial charge < -0.3 is 15.0 Å². The van der Waals surface area contributed by atoms with Gasteiger partial charge in [-0.3, -0.25) is 13.9 Å². The molecule has 1 fully saturated rings. The zero-order valence-corrected chi connectivity index (χ0v) is 27.7. The van der Waals surface area contributed by atoms with E-state index in [1.165, 1.54) is 29.2 Å². The van der Waals surface area contributed by atoms with Crippen molar-refractivity contribution < 1.29 is 22.7 Å². The molecule has 1 atom stereocenters. The fourth-order valence-electron chi connectivity index (χ4n) is 5.33. The molecule has 0 spiro atoms. The Morgan fingerprint density at radius 1 is 0.932 bits per heavy atom. The monoisotopic (exact) mass is 679 g/mol. The maximum atomic E-state index is 14.4. The minimum atomic E-state index is -4.31. The Bertz CT molecular complexity index is 1540. The fraction of sp³-hybridized carbons (Fsp3) is 0.375. The van der Waals surface area contributed by atoms with E-state index in [0.29, 0.717) is 20.6 Å². The summed E-state index contributed by atoms with van der Waals surface area (Å²) in [5.74, 6) is -0.636. The molecule has 0 heterocycles. The molecule has 1 aliphatic carbocycles. The Morgan fingerprint density at radius 2 is 1.57 bits per heavy atom. The summed E-state index contributed by atoms with van der Waals surface area (Å²) < 4.78 is 35.1. The molecule has 0 aliphatic heterocycles. The lowest BCUT2D eigenvalue weighted by Crippen LogP contribution is -2.53. The Hall–Kier alpha value is -2.98. The van der Waals surface area contributed by atoms with Crippen molar-refractivity contribution in [2.75, 3.05) is 17.5 Å². The summed E-state index contributed by atoms with van der Waals surface area (Å²) in [4.78, 5) is 29.3. The number of rotatable bonds is 13. The lowest BCUT2D eigenvalue weighted by molar-refractivity contribution is -0.140. The van der Waals surface area contributed by atoms with Gasteiger partial charge in [0.2, 0.25) is 11.8 Å². The van der Waals surface area contributed by atoms with Gasteiger partial charge in [0.25, 0.3) is 10.0 Å². The van der Waals surface area contributed by atoms with Crippen LogP contribution in [-0.2, 0) is 26.2 Å². The maximum Gasteiger partial charge on any atom is 0.264 e. The molecule has 3 aromatic carbocycles. The summed E-state index contributed by atoms with van der Waals surface area (Å²) in [6, 6.07) is 16.4. The van der Waals surface area contributed by atoms with Crippen molar-refractivity contribution in [2.45, 2.75) is 69.5 Å². The number of hydrogen-bond acceptors (Lipinski definition) is 5. The number of nitrogens with one attached hydrogen (secondary N) is 1. The van der Waals surface area contributed by atoms with Crippen molar-refractivity contribution in [3.63, 3.8) is 0 Å². The van der Waals surface area contributed by atoms with Crippen molar-refractivity contribution in [3.05, 3.63) is 87.4 Å². The van der Waals surface area contributed by atoms with Gasteiger partial charge in [-0.15, -0.1) is 0 Å². The van der Waals surface area contributed by atoms with Crippen molar-refractivity contribution in [3.8, 4) is 5.75 Å². The second-order valence-electron chi connectivity index (χ2n) is 10.5. The van der Waals surface area contributed by atoms with Crippen LogP contribution >= 0.6 is 34.8 Å². The number of carbonyl (C=O) groups is 2. The topological polar surface area (TPSA) is 96.0 Å². The first-order chi connectivity index (χ1) is 21.1. The number of carbonyl (C=O) groups excluding carboxylic acids is 2. The zero-order chi connectivity index (χ0) is 31.9. The van der Waals surface area contributed by atoms with E-state index in [9.17, 15) is 18.0 Å². The molecule has 8 nitrogen and oxygen atoms in total. The predicted molar refractivity (Wildman–Crippen MR) is 175 cm³/mol. The van der Waals surface area contributed by atoms with Gasteiger partial charge in [0.05, 0.1) is 17.2 Å². The molecular weight excluding hydrogens is 645 g/mol. The van der Waals surface area contributed by atoms with Crippen molar-refractivity contribution in [1.82, 2.24) is 10.2 Å². The van der Waals surface area contributed by atoms with E-state index in [0.717, 1.165) is 30.0 Å². The van der Waals surface area contributed by atoms with Crippen molar-refractivity contribution >= 4 is 62.3 Å². The number of amides is 2. The standard InChI is InChI=1S/C32H36Cl3N3O5S/c1-3-28(32(40)36-23-10-5-6-11-23)37(20-25-26(34)12-9-13-27(25)35)31(39)21-38(29-14-7-8-15-30(29)43-4-2)44(41,42)24-18-16-22(33)17-19-24/h7-9,12-19,23,28H,3-6,10-11,20-21H2,1-2H3,(H,36,40)/t28-/m1/s1. The molecule has 0 aromatic heterocycles. The van der Waals surface area contributed by atoms with Crippen LogP contribution in [0.15, 0.2) is 71.6 Å². The van der Waals surface area contributed by atoms with Gasteiger partial charge in [-0.25, -0.2) is 8.42 Å². The Balaban J connectivity index is 1.78. The molecule has 0 radical (unpaired) electrons. The molecule has 0 bridgehead atoms. The van der Waals surface area contributed by atoms with Gasteiger partial charge in [0.15, 0.2) is 0 Å². The third kappa shape index (κ3) is 7.99. The minimum Gasteiger partial charge on any atom is -0.492 e. The van der Waals surface area contributed by atoms with Gasteiger partial charge in [0.1, 0.15) is 18.3 Å². The summed E-state index contributed by atoms with van der Waals surface area (Å²) in [6.07, 6.45) is 4.07. The number of anilines is 1. The van der Waals surface area contributed by atoms with E-state index in [2.05, 4.69) is 5.32 Å². The SMILES string of the molecule is CCOc1ccccc1N(CC(=O)N(Cc1c(Cl)cccc1Cl)[C@H](CC)C(=O)NC1CCCC1)S(=O)(=O)c1ccc(Cl)cc1. The van der Waals surface area contributed by atoms with E-state index >= 15 is 0 Å². The van der Waals surface area contributed by atoms with Crippen LogP contribution in [0.1, 0.15) is 51.5 Å². The fourth-order valence-corrected chi connectivity index (χ4v) is 7.40. The number of sulfonamides is 1. The van der Waals surface area contributed by atoms with Gasteiger partial charge in [-0.05, 0) is 74.7 Å². The number of hydrogen-bond donors (Lipinski definition) is 1. The summed E-state index contributed by atoms with van der Waals surface area (Å²) in [7, 11) is -4.31. The van der Waals surface area contributed by atoms with Gasteiger partial charge in [-0.1, -0.05) is 72.8 Å². The highest BCUT2D eigenvalue weighted by Gasteiger charge is 2.36. The first-order valence-corrected chi connectivity index (χ1v) is 17.2. The van der Waals surface area contributed by atoms with Crippen LogP contribution in [0.5, 0.6) is 5.75 Å². The molecule has 4 rings (SSSR count). The third-order valence-corrected chi connectivity index (χ3v) is 10.3. The summed E-state index contributed by atoms with van der Waals surface area (Å²) in [5, 5.41) is 4.11. The average molecular weight is 681 g/mol. The quantitative estimate of drug-likeness (QED) is 0.208. The molecule has 1 saturated carbocycles. The lowest BCUT2D eigenvalue weighted by atomic mass is 10.1. The number of benzene rings is 3. The highest BCUT2D eigenvalue weighted by molar-refractivity contribution is 7.92. The summed E-state index contributed by atoms with van der Waals surface area (Å²) in [5.41, 5.74) is 0.634. The smallest absolute Gasteiger partial charge is 0.264 e. The van der Waals surface area contributed by atoms with Crippen LogP contribution < -0.4 is 14.4 Å². The number of para-hydroxylation sites is 2. The second-order valence-corrected chi connectivity index (χ2v) is 13.6. The van der Waals surface area contributed by atoms with E-state index in [4.69, 9.17) is 39.5 Å². The van der Waals surface area contributed by atoms with Crippen molar-refractivity contribution in [2.24, 2.45) is 0 Å². The number of ether oxygens (including phenoxy) is 1. The lowest BCUT2D eigenvalue weighted by Gasteiger charge is -2.34. The Morgan fingerprint density at radius 3 is 2.18 bits per heavy atom. The summed E-state index contributed by atoms with van der Waals surface area (Å²) in [6.45, 7) is 3.14. The highest BCUT2D eigenvalue weighted by Crippen LogP contribution is 2.34. The van der Waals surface area contributed by atoms with Crippen LogP contribution in [0, 0.1) is 0 Å². The van der Waals surface area contributed by atoms with Crippen LogP contribution in [0.25, 0.3) is 0 Å². The Labute approximate surface area is 274 Å². The first kappa shape index (κ1) is 33.9. The number of nitrogens with zero attached hydrogens (tertiary/aromatic N) is 2. The van der Waals surface area contributed by atoms with Crippen LogP contribution in [-0.4, -0.2) is 50.4 Å². The molecule has 3 aromatic rings. The van der Waals surface area contributed by atoms with Crippen molar-refractivity contribution in [1.29, 1.82) is 0 Å².